The lowest BCUT2D eigenvalue weighted by Gasteiger charge is -2.15. The minimum Gasteiger partial charge on any atom is -0.496 e. The molecule has 0 aliphatic rings. The molecule has 1 unspecified atom stereocenters. The summed E-state index contributed by atoms with van der Waals surface area (Å²) < 4.78 is 5.85. The maximum Gasteiger partial charge on any atom is 0.255 e. The van der Waals surface area contributed by atoms with Gasteiger partial charge in [0.15, 0.2) is 0 Å². The molecule has 0 aliphatic carbocycles. The fraction of sp³-hybridized carbons (Fsp3) is 0.263. The molecular weight excluding hydrogens is 384 g/mol. The molecule has 6 heteroatoms. The summed E-state index contributed by atoms with van der Waals surface area (Å²) in [6, 6.07) is 12.1. The summed E-state index contributed by atoms with van der Waals surface area (Å²) in [5.74, 6) is 0.137. The van der Waals surface area contributed by atoms with E-state index in [1.165, 1.54) is 0 Å². The maximum atomic E-state index is 12.5. The van der Waals surface area contributed by atoms with Crippen LogP contribution in [-0.4, -0.2) is 25.0 Å². The van der Waals surface area contributed by atoms with Crippen molar-refractivity contribution in [1.29, 1.82) is 0 Å². The molecule has 2 aromatic rings. The average Bonchev–Trinajstić information content (AvgIpc) is 2.61. The first-order chi connectivity index (χ1) is 12.0. The van der Waals surface area contributed by atoms with Gasteiger partial charge in [0.05, 0.1) is 22.8 Å². The van der Waals surface area contributed by atoms with Crippen molar-refractivity contribution in [2.45, 2.75) is 26.3 Å². The second kappa shape index (κ2) is 8.67. The van der Waals surface area contributed by atoms with Crippen molar-refractivity contribution in [3.05, 3.63) is 58.1 Å². The van der Waals surface area contributed by atoms with Crippen molar-refractivity contribution in [1.82, 2.24) is 5.32 Å². The Labute approximate surface area is 155 Å². The molecule has 2 N–H and O–H groups in total. The molecule has 0 saturated carbocycles. The van der Waals surface area contributed by atoms with Gasteiger partial charge in [0.2, 0.25) is 0 Å². The van der Waals surface area contributed by atoms with Crippen LogP contribution in [0.5, 0.6) is 5.75 Å². The second-order valence-electron chi connectivity index (χ2n) is 5.63. The van der Waals surface area contributed by atoms with Crippen LogP contribution in [0.3, 0.4) is 0 Å². The Morgan fingerprint density at radius 2 is 1.88 bits per heavy atom. The van der Waals surface area contributed by atoms with Crippen LogP contribution >= 0.6 is 15.9 Å². The number of hydrogen-bond acceptors (Lipinski definition) is 3. The fourth-order valence-corrected chi connectivity index (χ4v) is 2.74. The van der Waals surface area contributed by atoms with Gasteiger partial charge in [-0.2, -0.15) is 0 Å². The number of benzene rings is 2. The zero-order chi connectivity index (χ0) is 18.4. The van der Waals surface area contributed by atoms with Crippen molar-refractivity contribution in [3.8, 4) is 5.75 Å². The average molecular weight is 405 g/mol. The summed E-state index contributed by atoms with van der Waals surface area (Å²) in [5, 5.41) is 5.71. The highest BCUT2D eigenvalue weighted by Crippen LogP contribution is 2.26. The highest BCUT2D eigenvalue weighted by Gasteiger charge is 2.16. The van der Waals surface area contributed by atoms with E-state index in [0.717, 1.165) is 6.42 Å². The van der Waals surface area contributed by atoms with E-state index in [1.54, 1.807) is 49.6 Å². The van der Waals surface area contributed by atoms with Gasteiger partial charge in [0.25, 0.3) is 11.8 Å². The lowest BCUT2D eigenvalue weighted by molar-refractivity contribution is 0.0940. The molecule has 0 fully saturated rings. The number of carbonyl (C=O) groups is 2. The third-order valence-corrected chi connectivity index (χ3v) is 4.44. The Hall–Kier alpha value is -2.34. The number of rotatable bonds is 6. The molecule has 25 heavy (non-hydrogen) atoms. The van der Waals surface area contributed by atoms with E-state index >= 15 is 0 Å². The molecule has 0 radical (unpaired) electrons. The number of ether oxygens (including phenoxy) is 1. The summed E-state index contributed by atoms with van der Waals surface area (Å²) in [5.41, 5.74) is 1.37. The Kier molecular flexibility index (Phi) is 6.58. The zero-order valence-corrected chi connectivity index (χ0v) is 16.0. The normalized spacial score (nSPS) is 11.5. The van der Waals surface area contributed by atoms with Gasteiger partial charge in [-0.15, -0.1) is 0 Å². The third kappa shape index (κ3) is 4.82. The lowest BCUT2D eigenvalue weighted by Crippen LogP contribution is -2.32. The molecule has 5 nitrogen and oxygen atoms in total. The molecule has 2 rings (SSSR count). The molecule has 0 aromatic heterocycles. The van der Waals surface area contributed by atoms with Crippen LogP contribution in [0.4, 0.5) is 5.69 Å². The molecule has 1 atom stereocenters. The van der Waals surface area contributed by atoms with Crippen molar-refractivity contribution in [2.75, 3.05) is 12.4 Å². The van der Waals surface area contributed by atoms with Gasteiger partial charge >= 0.3 is 0 Å². The largest absolute Gasteiger partial charge is 0.496 e. The molecule has 2 amide bonds. The minimum absolute atomic E-state index is 0.0637. The van der Waals surface area contributed by atoms with Gasteiger partial charge < -0.3 is 15.4 Å². The first-order valence-electron chi connectivity index (χ1n) is 8.01. The molecule has 0 bridgehead atoms. The molecule has 0 saturated heterocycles. The topological polar surface area (TPSA) is 67.4 Å². The number of para-hydroxylation sites is 1. The van der Waals surface area contributed by atoms with E-state index in [2.05, 4.69) is 26.6 Å². The number of nitrogens with one attached hydrogen (secondary N) is 2. The molecule has 2 aromatic carbocycles. The number of amides is 2. The number of carbonyl (C=O) groups excluding carboxylic acids is 2. The highest BCUT2D eigenvalue weighted by molar-refractivity contribution is 9.10. The Morgan fingerprint density at radius 1 is 1.16 bits per heavy atom. The summed E-state index contributed by atoms with van der Waals surface area (Å²) in [6.45, 7) is 3.94. The second-order valence-corrected chi connectivity index (χ2v) is 6.49. The van der Waals surface area contributed by atoms with Crippen LogP contribution in [0.2, 0.25) is 0 Å². The van der Waals surface area contributed by atoms with Gasteiger partial charge in [0, 0.05) is 11.6 Å². The smallest absolute Gasteiger partial charge is 0.255 e. The summed E-state index contributed by atoms with van der Waals surface area (Å²) in [6.07, 6.45) is 0.833. The molecule has 0 heterocycles. The van der Waals surface area contributed by atoms with Gasteiger partial charge in [0.1, 0.15) is 5.75 Å². The van der Waals surface area contributed by atoms with E-state index in [0.29, 0.717) is 27.0 Å². The number of halogens is 1. The first-order valence-corrected chi connectivity index (χ1v) is 8.80. The lowest BCUT2D eigenvalue weighted by atomic mass is 10.1. The van der Waals surface area contributed by atoms with Crippen LogP contribution in [0.1, 0.15) is 41.0 Å². The van der Waals surface area contributed by atoms with Crippen molar-refractivity contribution in [2.24, 2.45) is 0 Å². The van der Waals surface area contributed by atoms with Crippen LogP contribution in [0, 0.1) is 0 Å². The Balaban J connectivity index is 2.21. The predicted molar refractivity (Wildman–Crippen MR) is 102 cm³/mol. The number of anilines is 1. The molecule has 0 aliphatic heterocycles. The van der Waals surface area contributed by atoms with Gasteiger partial charge in [-0.1, -0.05) is 19.1 Å². The predicted octanol–water partition coefficient (Wildman–Crippen LogP) is 4.24. The SMILES string of the molecule is CCC(C)NC(=O)c1ccccc1NC(=O)c1ccc(OC)c(Br)c1. The van der Waals surface area contributed by atoms with Crippen molar-refractivity contribution < 1.29 is 14.3 Å². The van der Waals surface area contributed by atoms with E-state index in [-0.39, 0.29) is 17.9 Å². The Bertz CT molecular complexity index is 777. The maximum absolute atomic E-state index is 12.5. The van der Waals surface area contributed by atoms with Crippen LogP contribution in [0.15, 0.2) is 46.9 Å². The van der Waals surface area contributed by atoms with E-state index < -0.39 is 0 Å². The van der Waals surface area contributed by atoms with Gasteiger partial charge in [-0.3, -0.25) is 9.59 Å². The van der Waals surface area contributed by atoms with Crippen molar-refractivity contribution in [3.63, 3.8) is 0 Å². The fourth-order valence-electron chi connectivity index (χ4n) is 2.20. The van der Waals surface area contributed by atoms with Crippen molar-refractivity contribution >= 4 is 33.4 Å². The van der Waals surface area contributed by atoms with E-state index in [1.807, 2.05) is 13.8 Å². The quantitative estimate of drug-likeness (QED) is 0.756. The summed E-state index contributed by atoms with van der Waals surface area (Å²) in [4.78, 5) is 24.9. The van der Waals surface area contributed by atoms with E-state index in [4.69, 9.17) is 4.74 Å². The molecule has 0 spiro atoms. The monoisotopic (exact) mass is 404 g/mol. The standard InChI is InChI=1S/C19H21BrN2O3/c1-4-12(2)21-19(24)14-7-5-6-8-16(14)22-18(23)13-9-10-17(25-3)15(20)11-13/h5-12H,4H2,1-3H3,(H,21,24)(H,22,23). The minimum atomic E-state index is -0.299. The van der Waals surface area contributed by atoms with Gasteiger partial charge in [-0.25, -0.2) is 0 Å². The molecular formula is C19H21BrN2O3. The summed E-state index contributed by atoms with van der Waals surface area (Å²) >= 11 is 3.36. The summed E-state index contributed by atoms with van der Waals surface area (Å²) in [7, 11) is 1.56. The van der Waals surface area contributed by atoms with E-state index in [9.17, 15) is 9.59 Å². The molecule has 132 valence electrons. The third-order valence-electron chi connectivity index (χ3n) is 3.82. The van der Waals surface area contributed by atoms with Crippen LogP contribution in [-0.2, 0) is 0 Å². The number of methoxy groups -OCH3 is 1. The zero-order valence-electron chi connectivity index (χ0n) is 14.4. The highest BCUT2D eigenvalue weighted by atomic mass is 79.9. The van der Waals surface area contributed by atoms with Crippen LogP contribution in [0.25, 0.3) is 0 Å². The van der Waals surface area contributed by atoms with Crippen LogP contribution < -0.4 is 15.4 Å². The first kappa shape index (κ1) is 19.0. The van der Waals surface area contributed by atoms with Gasteiger partial charge in [-0.05, 0) is 59.6 Å². The number of hydrogen-bond donors (Lipinski definition) is 2. The Morgan fingerprint density at radius 3 is 2.52 bits per heavy atom.